The van der Waals surface area contributed by atoms with E-state index in [2.05, 4.69) is 21.8 Å². The average Bonchev–Trinajstić information content (AvgIpc) is 3.36. The van der Waals surface area contributed by atoms with Gasteiger partial charge in [-0.25, -0.2) is 4.68 Å². The van der Waals surface area contributed by atoms with Crippen molar-refractivity contribution in [3.05, 3.63) is 35.0 Å². The number of ketones is 1. The van der Waals surface area contributed by atoms with Gasteiger partial charge in [-0.3, -0.25) is 4.79 Å². The molecule has 0 amide bonds. The molecule has 1 aromatic carbocycles. The predicted molar refractivity (Wildman–Crippen MR) is 110 cm³/mol. The number of nitrogens with zero attached hydrogens (tertiary/aromatic N) is 3. The van der Waals surface area contributed by atoms with Crippen molar-refractivity contribution in [1.82, 2.24) is 15.1 Å². The molecule has 0 aliphatic carbocycles. The quantitative estimate of drug-likeness (QED) is 0.668. The number of rotatable bonds is 9. The molecule has 0 unspecified atom stereocenters. The van der Waals surface area contributed by atoms with Gasteiger partial charge in [0.1, 0.15) is 34.7 Å². The highest BCUT2D eigenvalue weighted by Gasteiger charge is 2.26. The van der Waals surface area contributed by atoms with E-state index < -0.39 is 0 Å². The molecule has 1 fully saturated rings. The SMILES string of the molecule is CCNc1c(C#N)c(CC(=O)Cc2cc(OC)cc(OC)c2)nn1[C@H]1CCNC1. The first-order chi connectivity index (χ1) is 14.1. The second kappa shape index (κ2) is 9.43. The van der Waals surface area contributed by atoms with Crippen molar-refractivity contribution in [3.8, 4) is 17.6 Å². The Kier molecular flexibility index (Phi) is 6.73. The molecule has 154 valence electrons. The van der Waals surface area contributed by atoms with Gasteiger partial charge in [-0.1, -0.05) is 0 Å². The van der Waals surface area contributed by atoms with Crippen molar-refractivity contribution in [3.63, 3.8) is 0 Å². The van der Waals surface area contributed by atoms with Crippen LogP contribution >= 0.6 is 0 Å². The van der Waals surface area contributed by atoms with Crippen molar-refractivity contribution in [1.29, 1.82) is 5.26 Å². The van der Waals surface area contributed by atoms with E-state index in [4.69, 9.17) is 9.47 Å². The van der Waals surface area contributed by atoms with Crippen LogP contribution in [0.3, 0.4) is 0 Å². The van der Waals surface area contributed by atoms with Crippen LogP contribution in [0.4, 0.5) is 5.82 Å². The first kappa shape index (κ1) is 20.7. The Morgan fingerprint density at radius 1 is 1.31 bits per heavy atom. The number of methoxy groups -OCH3 is 2. The zero-order valence-electron chi connectivity index (χ0n) is 17.1. The third kappa shape index (κ3) is 4.69. The highest BCUT2D eigenvalue weighted by Crippen LogP contribution is 2.27. The summed E-state index contributed by atoms with van der Waals surface area (Å²) in [6.45, 7) is 4.38. The van der Waals surface area contributed by atoms with Crippen LogP contribution in [-0.2, 0) is 17.6 Å². The minimum absolute atomic E-state index is 0.0194. The maximum Gasteiger partial charge on any atom is 0.143 e. The standard InChI is InChI=1S/C21H27N5O3/c1-4-24-21-19(12-22)20(25-26(21)15-5-6-23-13-15)10-16(27)7-14-8-17(28-2)11-18(9-14)29-3/h8-9,11,15,23-24H,4-7,10,13H2,1-3H3/t15-/m0/s1. The van der Waals surface area contributed by atoms with Crippen LogP contribution in [0.1, 0.15) is 36.2 Å². The van der Waals surface area contributed by atoms with Gasteiger partial charge in [0.05, 0.1) is 32.4 Å². The third-order valence-corrected chi connectivity index (χ3v) is 5.00. The molecule has 1 atom stereocenters. The van der Waals surface area contributed by atoms with E-state index in [0.717, 1.165) is 25.1 Å². The Labute approximate surface area is 170 Å². The molecule has 2 heterocycles. The van der Waals surface area contributed by atoms with E-state index in [0.29, 0.717) is 35.1 Å². The molecular formula is C21H27N5O3. The molecule has 2 N–H and O–H groups in total. The summed E-state index contributed by atoms with van der Waals surface area (Å²) >= 11 is 0. The van der Waals surface area contributed by atoms with Gasteiger partial charge < -0.3 is 20.1 Å². The fraction of sp³-hybridized carbons (Fsp3) is 0.476. The van der Waals surface area contributed by atoms with Crippen LogP contribution in [0, 0.1) is 11.3 Å². The Hall–Kier alpha value is -3.05. The second-order valence-corrected chi connectivity index (χ2v) is 7.02. The first-order valence-corrected chi connectivity index (χ1v) is 9.79. The minimum atomic E-state index is -0.0194. The lowest BCUT2D eigenvalue weighted by Crippen LogP contribution is -2.17. The molecule has 8 heteroatoms. The molecule has 29 heavy (non-hydrogen) atoms. The number of benzene rings is 1. The molecule has 2 aromatic rings. The van der Waals surface area contributed by atoms with Crippen molar-refractivity contribution < 1.29 is 14.3 Å². The lowest BCUT2D eigenvalue weighted by atomic mass is 10.0. The van der Waals surface area contributed by atoms with Gasteiger partial charge in [-0.05, 0) is 37.6 Å². The summed E-state index contributed by atoms with van der Waals surface area (Å²) in [6.07, 6.45) is 1.27. The second-order valence-electron chi connectivity index (χ2n) is 7.02. The summed E-state index contributed by atoms with van der Waals surface area (Å²) in [5.41, 5.74) is 1.78. The lowest BCUT2D eigenvalue weighted by molar-refractivity contribution is -0.117. The van der Waals surface area contributed by atoms with Crippen molar-refractivity contribution in [2.45, 2.75) is 32.2 Å². The van der Waals surface area contributed by atoms with Gasteiger partial charge in [0.15, 0.2) is 0 Å². The number of anilines is 1. The normalized spacial score (nSPS) is 15.7. The smallest absolute Gasteiger partial charge is 0.143 e. The fourth-order valence-corrected chi connectivity index (χ4v) is 3.62. The van der Waals surface area contributed by atoms with Crippen molar-refractivity contribution in [2.24, 2.45) is 0 Å². The molecule has 1 aliphatic rings. The number of carbonyl (C=O) groups excluding carboxylic acids is 1. The maximum absolute atomic E-state index is 12.8. The predicted octanol–water partition coefficient (Wildman–Crippen LogP) is 2.09. The van der Waals surface area contributed by atoms with E-state index in [1.807, 2.05) is 23.7 Å². The molecule has 0 radical (unpaired) electrons. The number of hydrogen-bond donors (Lipinski definition) is 2. The van der Waals surface area contributed by atoms with Gasteiger partial charge in [-0.15, -0.1) is 0 Å². The number of nitrogens with one attached hydrogen (secondary N) is 2. The summed E-state index contributed by atoms with van der Waals surface area (Å²) in [5.74, 6) is 1.96. The first-order valence-electron chi connectivity index (χ1n) is 9.79. The summed E-state index contributed by atoms with van der Waals surface area (Å²) < 4.78 is 12.4. The van der Waals surface area contributed by atoms with Crippen LogP contribution in [0.5, 0.6) is 11.5 Å². The number of aromatic nitrogens is 2. The Balaban J connectivity index is 1.83. The van der Waals surface area contributed by atoms with Gasteiger partial charge in [0.25, 0.3) is 0 Å². The van der Waals surface area contributed by atoms with Gasteiger partial charge >= 0.3 is 0 Å². The van der Waals surface area contributed by atoms with Gasteiger partial charge in [0, 0.05) is 25.6 Å². The fourth-order valence-electron chi connectivity index (χ4n) is 3.62. The highest BCUT2D eigenvalue weighted by molar-refractivity contribution is 5.84. The average molecular weight is 397 g/mol. The molecule has 1 saturated heterocycles. The molecule has 8 nitrogen and oxygen atoms in total. The monoisotopic (exact) mass is 397 g/mol. The van der Waals surface area contributed by atoms with E-state index in [9.17, 15) is 10.1 Å². The molecule has 0 bridgehead atoms. The summed E-state index contributed by atoms with van der Waals surface area (Å²) in [4.78, 5) is 12.8. The lowest BCUT2D eigenvalue weighted by Gasteiger charge is -2.14. The molecule has 0 spiro atoms. The zero-order chi connectivity index (χ0) is 20.8. The number of nitriles is 1. The molecule has 3 rings (SSSR count). The molecule has 0 saturated carbocycles. The van der Waals surface area contributed by atoms with E-state index in [1.165, 1.54) is 0 Å². The van der Waals surface area contributed by atoms with Crippen LogP contribution in [-0.4, -0.2) is 49.4 Å². The van der Waals surface area contributed by atoms with Crippen LogP contribution in [0.15, 0.2) is 18.2 Å². The Morgan fingerprint density at radius 2 is 2.03 bits per heavy atom. The van der Waals surface area contributed by atoms with Crippen molar-refractivity contribution in [2.75, 3.05) is 39.2 Å². The van der Waals surface area contributed by atoms with Gasteiger partial charge in [-0.2, -0.15) is 10.4 Å². The summed E-state index contributed by atoms with van der Waals surface area (Å²) in [7, 11) is 3.15. The summed E-state index contributed by atoms with van der Waals surface area (Å²) in [5, 5.41) is 20.9. The Bertz CT molecular complexity index is 888. The Morgan fingerprint density at radius 3 is 2.59 bits per heavy atom. The number of Topliss-reactive ketones (excluding diaryl/α,β-unsaturated/α-hetero) is 1. The topological polar surface area (TPSA) is 101 Å². The molecule has 1 aromatic heterocycles. The van der Waals surface area contributed by atoms with Gasteiger partial charge in [0.2, 0.25) is 0 Å². The van der Waals surface area contributed by atoms with E-state index in [-0.39, 0.29) is 24.7 Å². The highest BCUT2D eigenvalue weighted by atomic mass is 16.5. The number of ether oxygens (including phenoxy) is 2. The van der Waals surface area contributed by atoms with Crippen LogP contribution in [0.25, 0.3) is 0 Å². The van der Waals surface area contributed by atoms with Crippen LogP contribution in [0.2, 0.25) is 0 Å². The minimum Gasteiger partial charge on any atom is -0.497 e. The molecule has 1 aliphatic heterocycles. The molecular weight excluding hydrogens is 370 g/mol. The largest absolute Gasteiger partial charge is 0.497 e. The maximum atomic E-state index is 12.8. The number of hydrogen-bond acceptors (Lipinski definition) is 7. The summed E-state index contributed by atoms with van der Waals surface area (Å²) in [6, 6.07) is 7.82. The van der Waals surface area contributed by atoms with E-state index in [1.54, 1.807) is 20.3 Å². The van der Waals surface area contributed by atoms with Crippen LogP contribution < -0.4 is 20.1 Å². The zero-order valence-corrected chi connectivity index (χ0v) is 17.1. The van der Waals surface area contributed by atoms with E-state index >= 15 is 0 Å². The van der Waals surface area contributed by atoms with Crippen molar-refractivity contribution >= 4 is 11.6 Å². The third-order valence-electron chi connectivity index (χ3n) is 5.00. The number of carbonyl (C=O) groups is 1.